The number of ketones is 1. The van der Waals surface area contributed by atoms with Gasteiger partial charge in [-0.15, -0.1) is 0 Å². The van der Waals surface area contributed by atoms with E-state index in [0.717, 1.165) is 12.4 Å². The molecule has 0 aromatic carbocycles. The summed E-state index contributed by atoms with van der Waals surface area (Å²) in [4.78, 5) is 16.1. The molecule has 0 aliphatic carbocycles. The standard InChI is InChI=1S/C13H23N3O/c1-10(2)8-16-12(14-9-15-16)6-11(17)7-13(3,4)5/h9-10H,6-8H2,1-5H3. The highest BCUT2D eigenvalue weighted by Crippen LogP contribution is 2.19. The minimum absolute atomic E-state index is 0.0416. The van der Waals surface area contributed by atoms with Gasteiger partial charge in [0.05, 0.1) is 6.42 Å². The zero-order valence-corrected chi connectivity index (χ0v) is 11.5. The van der Waals surface area contributed by atoms with E-state index in [-0.39, 0.29) is 11.2 Å². The van der Waals surface area contributed by atoms with E-state index in [1.807, 2.05) is 4.68 Å². The Labute approximate surface area is 103 Å². The van der Waals surface area contributed by atoms with Crippen LogP contribution in [0.2, 0.25) is 0 Å². The first kappa shape index (κ1) is 13.9. The summed E-state index contributed by atoms with van der Waals surface area (Å²) in [5.41, 5.74) is 0.0416. The Morgan fingerprint density at radius 1 is 1.41 bits per heavy atom. The van der Waals surface area contributed by atoms with Crippen LogP contribution in [0.3, 0.4) is 0 Å². The zero-order chi connectivity index (χ0) is 13.1. The molecule has 1 aromatic rings. The Morgan fingerprint density at radius 2 is 2.06 bits per heavy atom. The van der Waals surface area contributed by atoms with Crippen molar-refractivity contribution in [3.05, 3.63) is 12.2 Å². The molecule has 0 aliphatic heterocycles. The maximum absolute atomic E-state index is 11.9. The molecule has 0 spiro atoms. The number of hydrogen-bond donors (Lipinski definition) is 0. The van der Waals surface area contributed by atoms with Crippen molar-refractivity contribution in [3.8, 4) is 0 Å². The molecule has 0 saturated carbocycles. The molecule has 0 amide bonds. The number of nitrogens with zero attached hydrogens (tertiary/aromatic N) is 3. The van der Waals surface area contributed by atoms with Gasteiger partial charge in [-0.2, -0.15) is 5.10 Å². The normalized spacial score (nSPS) is 12.1. The van der Waals surface area contributed by atoms with Gasteiger partial charge in [-0.25, -0.2) is 9.67 Å². The summed E-state index contributed by atoms with van der Waals surface area (Å²) in [7, 11) is 0. The van der Waals surface area contributed by atoms with E-state index in [9.17, 15) is 4.79 Å². The lowest BCUT2D eigenvalue weighted by Crippen LogP contribution is -2.18. The molecule has 1 heterocycles. The third-order valence-electron chi connectivity index (χ3n) is 2.32. The highest BCUT2D eigenvalue weighted by Gasteiger charge is 2.18. The van der Waals surface area contributed by atoms with Crippen molar-refractivity contribution < 1.29 is 4.79 Å². The number of aromatic nitrogens is 3. The quantitative estimate of drug-likeness (QED) is 0.790. The summed E-state index contributed by atoms with van der Waals surface area (Å²) in [6, 6.07) is 0. The Hall–Kier alpha value is -1.19. The van der Waals surface area contributed by atoms with E-state index in [2.05, 4.69) is 44.7 Å². The second-order valence-corrected chi connectivity index (χ2v) is 6.21. The monoisotopic (exact) mass is 237 g/mol. The lowest BCUT2D eigenvalue weighted by Gasteiger charge is -2.16. The fourth-order valence-electron chi connectivity index (χ4n) is 1.75. The molecule has 4 nitrogen and oxygen atoms in total. The predicted octanol–water partition coefficient (Wildman–Crippen LogP) is 2.48. The minimum Gasteiger partial charge on any atom is -0.299 e. The lowest BCUT2D eigenvalue weighted by molar-refractivity contribution is -0.120. The molecule has 1 rings (SSSR count). The Morgan fingerprint density at radius 3 is 2.59 bits per heavy atom. The van der Waals surface area contributed by atoms with Gasteiger partial charge in [0.2, 0.25) is 0 Å². The molecule has 4 heteroatoms. The van der Waals surface area contributed by atoms with Gasteiger partial charge in [0.15, 0.2) is 0 Å². The summed E-state index contributed by atoms with van der Waals surface area (Å²) in [5.74, 6) is 1.52. The molecule has 0 fully saturated rings. The van der Waals surface area contributed by atoms with Crippen LogP contribution in [0, 0.1) is 11.3 Å². The van der Waals surface area contributed by atoms with Crippen LogP contribution in [0.15, 0.2) is 6.33 Å². The molecule has 1 aromatic heterocycles. The van der Waals surface area contributed by atoms with Gasteiger partial charge in [0.1, 0.15) is 17.9 Å². The van der Waals surface area contributed by atoms with Crippen LogP contribution in [0.25, 0.3) is 0 Å². The van der Waals surface area contributed by atoms with Crippen molar-refractivity contribution in [1.82, 2.24) is 14.8 Å². The van der Waals surface area contributed by atoms with Crippen molar-refractivity contribution in [2.45, 2.75) is 54.0 Å². The first-order chi connectivity index (χ1) is 7.78. The molecule has 0 unspecified atom stereocenters. The predicted molar refractivity (Wildman–Crippen MR) is 67.6 cm³/mol. The Bertz CT molecular complexity index is 374. The molecule has 17 heavy (non-hydrogen) atoms. The van der Waals surface area contributed by atoms with Crippen molar-refractivity contribution in [3.63, 3.8) is 0 Å². The topological polar surface area (TPSA) is 47.8 Å². The fraction of sp³-hybridized carbons (Fsp3) is 0.769. The minimum atomic E-state index is 0.0416. The Kier molecular flexibility index (Phi) is 4.43. The van der Waals surface area contributed by atoms with Gasteiger partial charge < -0.3 is 0 Å². The number of rotatable bonds is 5. The van der Waals surface area contributed by atoms with Gasteiger partial charge in [0.25, 0.3) is 0 Å². The SMILES string of the molecule is CC(C)Cn1ncnc1CC(=O)CC(C)(C)C. The van der Waals surface area contributed by atoms with Crippen LogP contribution < -0.4 is 0 Å². The van der Waals surface area contributed by atoms with Gasteiger partial charge in [-0.1, -0.05) is 34.6 Å². The number of Topliss-reactive ketones (excluding diaryl/α,β-unsaturated/α-hetero) is 1. The average molecular weight is 237 g/mol. The van der Waals surface area contributed by atoms with Crippen LogP contribution in [0.4, 0.5) is 0 Å². The molecule has 96 valence electrons. The number of carbonyl (C=O) groups excluding carboxylic acids is 1. The second kappa shape index (κ2) is 5.43. The summed E-state index contributed by atoms with van der Waals surface area (Å²) < 4.78 is 1.84. The van der Waals surface area contributed by atoms with Gasteiger partial charge in [-0.05, 0) is 11.3 Å². The molecular weight excluding hydrogens is 214 g/mol. The van der Waals surface area contributed by atoms with Crippen LogP contribution >= 0.6 is 0 Å². The summed E-state index contributed by atoms with van der Waals surface area (Å²) in [6.07, 6.45) is 2.51. The zero-order valence-electron chi connectivity index (χ0n) is 11.5. The highest BCUT2D eigenvalue weighted by molar-refractivity contribution is 5.80. The largest absolute Gasteiger partial charge is 0.299 e. The van der Waals surface area contributed by atoms with E-state index >= 15 is 0 Å². The third kappa shape index (κ3) is 5.11. The lowest BCUT2D eigenvalue weighted by atomic mass is 9.89. The number of hydrogen-bond acceptors (Lipinski definition) is 3. The molecule has 0 radical (unpaired) electrons. The van der Waals surface area contributed by atoms with Crippen LogP contribution in [0.1, 0.15) is 46.9 Å². The first-order valence-corrected chi connectivity index (χ1v) is 6.16. The molecule has 0 atom stereocenters. The van der Waals surface area contributed by atoms with Gasteiger partial charge >= 0.3 is 0 Å². The fourth-order valence-corrected chi connectivity index (χ4v) is 1.75. The summed E-state index contributed by atoms with van der Waals surface area (Å²) >= 11 is 0. The average Bonchev–Trinajstić information content (AvgIpc) is 2.47. The highest BCUT2D eigenvalue weighted by atomic mass is 16.1. The smallest absolute Gasteiger partial charge is 0.140 e. The molecule has 0 N–H and O–H groups in total. The van der Waals surface area contributed by atoms with Crippen molar-refractivity contribution in [2.75, 3.05) is 0 Å². The second-order valence-electron chi connectivity index (χ2n) is 6.21. The van der Waals surface area contributed by atoms with Crippen LogP contribution in [-0.4, -0.2) is 20.5 Å². The molecule has 0 aliphatic rings. The van der Waals surface area contributed by atoms with Gasteiger partial charge in [-0.3, -0.25) is 4.79 Å². The first-order valence-electron chi connectivity index (χ1n) is 6.16. The maximum atomic E-state index is 11.9. The van der Waals surface area contributed by atoms with E-state index in [1.54, 1.807) is 0 Å². The molecule has 0 bridgehead atoms. The van der Waals surface area contributed by atoms with Crippen molar-refractivity contribution in [2.24, 2.45) is 11.3 Å². The van der Waals surface area contributed by atoms with E-state index in [0.29, 0.717) is 18.8 Å². The molecular formula is C13H23N3O. The summed E-state index contributed by atoms with van der Waals surface area (Å²) in [5, 5.41) is 4.16. The maximum Gasteiger partial charge on any atom is 0.140 e. The van der Waals surface area contributed by atoms with Crippen molar-refractivity contribution >= 4 is 5.78 Å². The van der Waals surface area contributed by atoms with E-state index < -0.39 is 0 Å². The van der Waals surface area contributed by atoms with E-state index in [1.165, 1.54) is 6.33 Å². The summed E-state index contributed by atoms with van der Waals surface area (Å²) in [6.45, 7) is 11.3. The van der Waals surface area contributed by atoms with Crippen molar-refractivity contribution in [1.29, 1.82) is 0 Å². The Balaban J connectivity index is 2.62. The molecule has 0 saturated heterocycles. The third-order valence-corrected chi connectivity index (χ3v) is 2.32. The van der Waals surface area contributed by atoms with Crippen LogP contribution in [0.5, 0.6) is 0 Å². The van der Waals surface area contributed by atoms with Crippen LogP contribution in [-0.2, 0) is 17.8 Å². The number of carbonyl (C=O) groups is 1. The van der Waals surface area contributed by atoms with E-state index in [4.69, 9.17) is 0 Å². The van der Waals surface area contributed by atoms with Gasteiger partial charge in [0, 0.05) is 13.0 Å².